The van der Waals surface area contributed by atoms with Gasteiger partial charge >= 0.3 is 0 Å². The number of nitriles is 1. The van der Waals surface area contributed by atoms with Crippen LogP contribution in [-0.4, -0.2) is 5.11 Å². The summed E-state index contributed by atoms with van der Waals surface area (Å²) < 4.78 is 0. The standard InChI is InChI=1S/C11H9N3S/c12-8-2-1-3-9-4-6-10(7-5-9)14-11(13)15/h4-7H,2H2,(H3,13,14,15). The second-order valence-corrected chi connectivity index (χ2v) is 3.14. The zero-order chi connectivity index (χ0) is 11.1. The summed E-state index contributed by atoms with van der Waals surface area (Å²) in [5.74, 6) is 5.59. The second-order valence-electron chi connectivity index (χ2n) is 2.70. The molecule has 0 spiro atoms. The Balaban J connectivity index is 2.70. The minimum Gasteiger partial charge on any atom is -0.376 e. The number of hydrogen-bond donors (Lipinski definition) is 2. The Labute approximate surface area is 93.9 Å². The summed E-state index contributed by atoms with van der Waals surface area (Å²) in [5, 5.41) is 11.3. The molecule has 0 radical (unpaired) electrons. The summed E-state index contributed by atoms with van der Waals surface area (Å²) in [6.07, 6.45) is 0.243. The molecular weight excluding hydrogens is 206 g/mol. The van der Waals surface area contributed by atoms with Gasteiger partial charge in [-0.25, -0.2) is 0 Å². The minimum atomic E-state index is 0.235. The lowest BCUT2D eigenvalue weighted by atomic mass is 10.2. The lowest BCUT2D eigenvalue weighted by molar-refractivity contribution is 1.39. The van der Waals surface area contributed by atoms with Gasteiger partial charge in [-0.05, 0) is 36.5 Å². The molecule has 0 heterocycles. The summed E-state index contributed by atoms with van der Waals surface area (Å²) in [6, 6.07) is 9.29. The molecule has 1 aromatic rings. The molecule has 0 fully saturated rings. The third-order valence-corrected chi connectivity index (χ3v) is 1.65. The highest BCUT2D eigenvalue weighted by atomic mass is 32.1. The third kappa shape index (κ3) is 4.12. The summed E-state index contributed by atoms with van der Waals surface area (Å²) in [7, 11) is 0. The van der Waals surface area contributed by atoms with Gasteiger partial charge in [-0.15, -0.1) is 0 Å². The monoisotopic (exact) mass is 215 g/mol. The topological polar surface area (TPSA) is 61.8 Å². The van der Waals surface area contributed by atoms with Gasteiger partial charge in [-0.2, -0.15) is 5.26 Å². The molecule has 1 aromatic carbocycles. The van der Waals surface area contributed by atoms with Crippen LogP contribution in [0.5, 0.6) is 0 Å². The highest BCUT2D eigenvalue weighted by molar-refractivity contribution is 7.80. The maximum Gasteiger partial charge on any atom is 0.168 e. The van der Waals surface area contributed by atoms with E-state index in [4.69, 9.17) is 23.2 Å². The summed E-state index contributed by atoms with van der Waals surface area (Å²) >= 11 is 4.70. The Hall–Kier alpha value is -2.04. The van der Waals surface area contributed by atoms with Crippen molar-refractivity contribution in [2.45, 2.75) is 6.42 Å². The van der Waals surface area contributed by atoms with Gasteiger partial charge in [0.05, 0.1) is 12.5 Å². The highest BCUT2D eigenvalue weighted by Crippen LogP contribution is 2.08. The van der Waals surface area contributed by atoms with E-state index < -0.39 is 0 Å². The van der Waals surface area contributed by atoms with Crippen LogP contribution in [0.4, 0.5) is 5.69 Å². The van der Waals surface area contributed by atoms with E-state index in [0.29, 0.717) is 0 Å². The number of rotatable bonds is 1. The van der Waals surface area contributed by atoms with Crippen LogP contribution in [0.1, 0.15) is 12.0 Å². The van der Waals surface area contributed by atoms with Gasteiger partial charge in [0.15, 0.2) is 5.11 Å². The molecule has 0 aliphatic carbocycles. The van der Waals surface area contributed by atoms with Gasteiger partial charge < -0.3 is 11.1 Å². The Bertz CT molecular complexity index is 445. The van der Waals surface area contributed by atoms with Crippen LogP contribution < -0.4 is 11.1 Å². The van der Waals surface area contributed by atoms with Crippen LogP contribution in [0.15, 0.2) is 24.3 Å². The molecule has 0 unspecified atom stereocenters. The first-order valence-electron chi connectivity index (χ1n) is 4.24. The van der Waals surface area contributed by atoms with E-state index in [1.54, 1.807) is 0 Å². The van der Waals surface area contributed by atoms with Crippen molar-refractivity contribution >= 4 is 23.0 Å². The lowest BCUT2D eigenvalue weighted by Crippen LogP contribution is -2.18. The summed E-state index contributed by atoms with van der Waals surface area (Å²) in [4.78, 5) is 0. The van der Waals surface area contributed by atoms with Crippen molar-refractivity contribution in [1.29, 1.82) is 5.26 Å². The number of nitrogens with zero attached hydrogens (tertiary/aromatic N) is 1. The molecule has 3 N–H and O–H groups in total. The number of nitrogens with one attached hydrogen (secondary N) is 1. The molecule has 74 valence electrons. The zero-order valence-electron chi connectivity index (χ0n) is 7.95. The van der Waals surface area contributed by atoms with Crippen LogP contribution in [0.3, 0.4) is 0 Å². The van der Waals surface area contributed by atoms with Crippen LogP contribution >= 0.6 is 12.2 Å². The fourth-order valence-corrected chi connectivity index (χ4v) is 1.08. The predicted molar refractivity (Wildman–Crippen MR) is 64.0 cm³/mol. The largest absolute Gasteiger partial charge is 0.376 e. The molecule has 0 saturated carbocycles. The first kappa shape index (κ1) is 11.0. The SMILES string of the molecule is N#CCC#Cc1ccc(NC(N)=S)cc1. The fourth-order valence-electron chi connectivity index (χ4n) is 0.965. The molecule has 3 nitrogen and oxygen atoms in total. The molecule has 0 aliphatic heterocycles. The van der Waals surface area contributed by atoms with E-state index in [-0.39, 0.29) is 11.5 Å². The molecule has 0 aliphatic rings. The average molecular weight is 215 g/mol. The van der Waals surface area contributed by atoms with Crippen LogP contribution in [0.25, 0.3) is 0 Å². The van der Waals surface area contributed by atoms with Gasteiger partial charge in [0.25, 0.3) is 0 Å². The third-order valence-electron chi connectivity index (χ3n) is 1.55. The van der Waals surface area contributed by atoms with Crippen LogP contribution in [0.2, 0.25) is 0 Å². The van der Waals surface area contributed by atoms with Crippen molar-refractivity contribution < 1.29 is 0 Å². The first-order valence-corrected chi connectivity index (χ1v) is 4.65. The van der Waals surface area contributed by atoms with Gasteiger partial charge in [0, 0.05) is 11.3 Å². The van der Waals surface area contributed by atoms with Gasteiger partial charge in [0.1, 0.15) is 0 Å². The maximum absolute atomic E-state index is 8.30. The second kappa shape index (κ2) is 5.64. The van der Waals surface area contributed by atoms with Gasteiger partial charge in [-0.1, -0.05) is 11.8 Å². The van der Waals surface area contributed by atoms with Crippen molar-refractivity contribution in [3.8, 4) is 17.9 Å². The Morgan fingerprint density at radius 1 is 1.40 bits per heavy atom. The first-order chi connectivity index (χ1) is 7.22. The molecule has 15 heavy (non-hydrogen) atoms. The van der Waals surface area contributed by atoms with Crippen molar-refractivity contribution in [1.82, 2.24) is 0 Å². The van der Waals surface area contributed by atoms with E-state index in [0.717, 1.165) is 11.3 Å². The molecule has 1 rings (SSSR count). The fraction of sp³-hybridized carbons (Fsp3) is 0.0909. The molecule has 0 bridgehead atoms. The molecule has 4 heteroatoms. The number of benzene rings is 1. The van der Waals surface area contributed by atoms with E-state index in [9.17, 15) is 0 Å². The summed E-state index contributed by atoms with van der Waals surface area (Å²) in [6.45, 7) is 0. The zero-order valence-corrected chi connectivity index (χ0v) is 8.77. The average Bonchev–Trinajstić information content (AvgIpc) is 2.20. The Morgan fingerprint density at radius 3 is 2.60 bits per heavy atom. The normalized spacial score (nSPS) is 8.20. The van der Waals surface area contributed by atoms with Crippen LogP contribution in [-0.2, 0) is 0 Å². The molecule has 0 aromatic heterocycles. The Kier molecular flexibility index (Phi) is 4.15. The molecule has 0 atom stereocenters. The molecule has 0 amide bonds. The highest BCUT2D eigenvalue weighted by Gasteiger charge is 1.92. The smallest absolute Gasteiger partial charge is 0.168 e. The van der Waals surface area contributed by atoms with Crippen molar-refractivity contribution in [2.75, 3.05) is 5.32 Å². The Morgan fingerprint density at radius 2 is 2.07 bits per heavy atom. The van der Waals surface area contributed by atoms with Crippen molar-refractivity contribution in [2.24, 2.45) is 5.73 Å². The van der Waals surface area contributed by atoms with E-state index in [1.807, 2.05) is 30.3 Å². The lowest BCUT2D eigenvalue weighted by Gasteiger charge is -2.02. The van der Waals surface area contributed by atoms with Crippen molar-refractivity contribution in [3.63, 3.8) is 0 Å². The number of hydrogen-bond acceptors (Lipinski definition) is 2. The molecular formula is C11H9N3S. The quantitative estimate of drug-likeness (QED) is 0.552. The number of nitrogens with two attached hydrogens (primary N) is 1. The maximum atomic E-state index is 8.30. The molecule has 0 saturated heterocycles. The van der Waals surface area contributed by atoms with Gasteiger partial charge in [0.2, 0.25) is 0 Å². The van der Waals surface area contributed by atoms with E-state index >= 15 is 0 Å². The summed E-state index contributed by atoms with van der Waals surface area (Å²) in [5.41, 5.74) is 7.00. The van der Waals surface area contributed by atoms with E-state index in [1.165, 1.54) is 0 Å². The number of thiocarbonyl (C=S) groups is 1. The predicted octanol–water partition coefficient (Wildman–Crippen LogP) is 1.61. The van der Waals surface area contributed by atoms with Gasteiger partial charge in [-0.3, -0.25) is 0 Å². The van der Waals surface area contributed by atoms with Crippen molar-refractivity contribution in [3.05, 3.63) is 29.8 Å². The van der Waals surface area contributed by atoms with Crippen LogP contribution in [0, 0.1) is 23.2 Å². The number of anilines is 1. The van der Waals surface area contributed by atoms with E-state index in [2.05, 4.69) is 17.2 Å². The minimum absolute atomic E-state index is 0.235.